The number of hydrogen-bond donors (Lipinski definition) is 2. The number of nitrogens with one attached hydrogen (secondary N) is 1. The van der Waals surface area contributed by atoms with E-state index < -0.39 is 0 Å². The highest BCUT2D eigenvalue weighted by molar-refractivity contribution is 5.76. The molecule has 0 fully saturated rings. The van der Waals surface area contributed by atoms with Crippen LogP contribution in [-0.4, -0.2) is 12.0 Å². The summed E-state index contributed by atoms with van der Waals surface area (Å²) in [4.78, 5) is 12.0. The average molecular weight is 326 g/mol. The van der Waals surface area contributed by atoms with E-state index in [1.165, 1.54) is 5.56 Å². The van der Waals surface area contributed by atoms with Gasteiger partial charge in [0.15, 0.2) is 0 Å². The minimum absolute atomic E-state index is 0.0386. The van der Waals surface area contributed by atoms with Crippen LogP contribution in [0.3, 0.4) is 0 Å². The Morgan fingerprint density at radius 3 is 2.42 bits per heavy atom. The summed E-state index contributed by atoms with van der Waals surface area (Å²) in [6, 6.07) is 13.9. The van der Waals surface area contributed by atoms with E-state index in [4.69, 9.17) is 10.5 Å². The largest absolute Gasteiger partial charge is 0.489 e. The van der Waals surface area contributed by atoms with Crippen LogP contribution in [0.25, 0.3) is 0 Å². The molecule has 0 radical (unpaired) electrons. The number of carbonyl (C=O) groups excluding carboxylic acids is 1. The summed E-state index contributed by atoms with van der Waals surface area (Å²) in [5.74, 6) is 0.731. The fourth-order valence-electron chi connectivity index (χ4n) is 2.37. The molecule has 0 spiro atoms. The van der Waals surface area contributed by atoms with Gasteiger partial charge in [0.1, 0.15) is 5.75 Å². The van der Waals surface area contributed by atoms with Gasteiger partial charge in [0.2, 0.25) is 5.91 Å². The highest BCUT2D eigenvalue weighted by Gasteiger charge is 2.06. The summed E-state index contributed by atoms with van der Waals surface area (Å²) in [5, 5.41) is 2.95. The molecule has 0 saturated carbocycles. The SMILES string of the molecule is Cc1ccc(CNC(=O)CCc2ccc(OC(C)C)c(N)c2)cc1. The number of hydrogen-bond acceptors (Lipinski definition) is 3. The number of nitrogens with two attached hydrogens (primary N) is 1. The van der Waals surface area contributed by atoms with Crippen molar-refractivity contribution in [2.75, 3.05) is 5.73 Å². The van der Waals surface area contributed by atoms with Crippen LogP contribution >= 0.6 is 0 Å². The van der Waals surface area contributed by atoms with Crippen LogP contribution < -0.4 is 15.8 Å². The summed E-state index contributed by atoms with van der Waals surface area (Å²) in [6.45, 7) is 6.53. The lowest BCUT2D eigenvalue weighted by Crippen LogP contribution is -2.23. The molecule has 0 heterocycles. The van der Waals surface area contributed by atoms with Gasteiger partial charge in [-0.2, -0.15) is 0 Å². The van der Waals surface area contributed by atoms with Crippen LogP contribution in [0.1, 0.15) is 37.0 Å². The fourth-order valence-corrected chi connectivity index (χ4v) is 2.37. The van der Waals surface area contributed by atoms with Gasteiger partial charge in [0, 0.05) is 13.0 Å². The molecule has 0 aliphatic rings. The van der Waals surface area contributed by atoms with Crippen molar-refractivity contribution in [3.63, 3.8) is 0 Å². The fraction of sp³-hybridized carbons (Fsp3) is 0.350. The van der Waals surface area contributed by atoms with Crippen LogP contribution in [0.4, 0.5) is 5.69 Å². The molecule has 0 bridgehead atoms. The monoisotopic (exact) mass is 326 g/mol. The zero-order valence-corrected chi connectivity index (χ0v) is 14.6. The Morgan fingerprint density at radius 1 is 1.12 bits per heavy atom. The predicted molar refractivity (Wildman–Crippen MR) is 98.0 cm³/mol. The summed E-state index contributed by atoms with van der Waals surface area (Å²) >= 11 is 0. The summed E-state index contributed by atoms with van der Waals surface area (Å²) in [6.07, 6.45) is 1.19. The van der Waals surface area contributed by atoms with Crippen LogP contribution in [0.2, 0.25) is 0 Å². The van der Waals surface area contributed by atoms with Crippen LogP contribution in [0.5, 0.6) is 5.75 Å². The van der Waals surface area contributed by atoms with Gasteiger partial charge < -0.3 is 15.8 Å². The molecule has 24 heavy (non-hydrogen) atoms. The molecule has 2 aromatic carbocycles. The molecule has 0 aliphatic carbocycles. The highest BCUT2D eigenvalue weighted by Crippen LogP contribution is 2.24. The molecule has 1 amide bonds. The first kappa shape index (κ1) is 17.9. The first-order valence-corrected chi connectivity index (χ1v) is 8.31. The topological polar surface area (TPSA) is 64.3 Å². The Balaban J connectivity index is 1.81. The van der Waals surface area contributed by atoms with Gasteiger partial charge in [0.25, 0.3) is 0 Å². The van der Waals surface area contributed by atoms with Gasteiger partial charge in [-0.15, -0.1) is 0 Å². The zero-order chi connectivity index (χ0) is 17.5. The molecule has 128 valence electrons. The van der Waals surface area contributed by atoms with Crippen molar-refractivity contribution in [2.45, 2.75) is 46.3 Å². The number of aryl methyl sites for hydroxylation is 2. The molecule has 0 atom stereocenters. The molecule has 0 unspecified atom stereocenters. The maximum absolute atomic E-state index is 12.0. The Bertz CT molecular complexity index is 679. The van der Waals surface area contributed by atoms with Gasteiger partial charge in [0.05, 0.1) is 11.8 Å². The summed E-state index contributed by atoms with van der Waals surface area (Å²) < 4.78 is 5.62. The molecule has 0 saturated heterocycles. The first-order chi connectivity index (χ1) is 11.4. The summed E-state index contributed by atoms with van der Waals surface area (Å²) in [7, 11) is 0. The molecule has 2 rings (SSSR count). The van der Waals surface area contributed by atoms with Crippen molar-refractivity contribution >= 4 is 11.6 Å². The quantitative estimate of drug-likeness (QED) is 0.764. The third-order valence-corrected chi connectivity index (χ3v) is 3.69. The van der Waals surface area contributed by atoms with Crippen LogP contribution in [0, 0.1) is 6.92 Å². The Hall–Kier alpha value is -2.49. The highest BCUT2D eigenvalue weighted by atomic mass is 16.5. The third-order valence-electron chi connectivity index (χ3n) is 3.69. The normalized spacial score (nSPS) is 10.7. The summed E-state index contributed by atoms with van der Waals surface area (Å²) in [5.41, 5.74) is 9.97. The van der Waals surface area contributed by atoms with Crippen molar-refractivity contribution in [1.29, 1.82) is 0 Å². The maximum Gasteiger partial charge on any atom is 0.220 e. The second kappa shape index (κ2) is 8.39. The number of amides is 1. The number of ether oxygens (including phenoxy) is 1. The van der Waals surface area contributed by atoms with E-state index >= 15 is 0 Å². The third kappa shape index (κ3) is 5.61. The van der Waals surface area contributed by atoms with E-state index in [2.05, 4.69) is 5.32 Å². The second-order valence-corrected chi connectivity index (χ2v) is 6.30. The minimum Gasteiger partial charge on any atom is -0.489 e. The number of nitrogen functional groups attached to an aromatic ring is 1. The standard InChI is InChI=1S/C20H26N2O2/c1-14(2)24-19-10-8-16(12-18(19)21)9-11-20(23)22-13-17-6-4-15(3)5-7-17/h4-8,10,12,14H,9,11,13,21H2,1-3H3,(H,22,23). The Labute approximate surface area is 144 Å². The van der Waals surface area contributed by atoms with E-state index in [1.54, 1.807) is 0 Å². The van der Waals surface area contributed by atoms with E-state index in [-0.39, 0.29) is 12.0 Å². The van der Waals surface area contributed by atoms with Crippen molar-refractivity contribution in [3.05, 3.63) is 59.2 Å². The van der Waals surface area contributed by atoms with E-state index in [0.717, 1.165) is 11.1 Å². The molecular weight excluding hydrogens is 300 g/mol. The number of benzene rings is 2. The molecule has 3 N–H and O–H groups in total. The molecule has 2 aromatic rings. The maximum atomic E-state index is 12.0. The lowest BCUT2D eigenvalue weighted by molar-refractivity contribution is -0.121. The first-order valence-electron chi connectivity index (χ1n) is 8.31. The molecule has 4 heteroatoms. The average Bonchev–Trinajstić information content (AvgIpc) is 2.54. The number of rotatable bonds is 7. The lowest BCUT2D eigenvalue weighted by atomic mass is 10.1. The number of carbonyl (C=O) groups is 1. The second-order valence-electron chi connectivity index (χ2n) is 6.30. The minimum atomic E-state index is 0.0386. The van der Waals surface area contributed by atoms with Crippen molar-refractivity contribution in [3.8, 4) is 5.75 Å². The van der Waals surface area contributed by atoms with Gasteiger partial charge in [-0.05, 0) is 50.5 Å². The van der Waals surface area contributed by atoms with E-state index in [9.17, 15) is 4.79 Å². The Kier molecular flexibility index (Phi) is 6.24. The van der Waals surface area contributed by atoms with E-state index in [1.807, 2.05) is 63.2 Å². The number of anilines is 1. The van der Waals surface area contributed by atoms with Gasteiger partial charge >= 0.3 is 0 Å². The van der Waals surface area contributed by atoms with Crippen molar-refractivity contribution < 1.29 is 9.53 Å². The zero-order valence-electron chi connectivity index (χ0n) is 14.6. The predicted octanol–water partition coefficient (Wildman–Crippen LogP) is 3.61. The van der Waals surface area contributed by atoms with E-state index in [0.29, 0.717) is 30.8 Å². The van der Waals surface area contributed by atoms with Crippen molar-refractivity contribution in [1.82, 2.24) is 5.32 Å². The van der Waals surface area contributed by atoms with Crippen LogP contribution in [0.15, 0.2) is 42.5 Å². The Morgan fingerprint density at radius 2 is 1.79 bits per heavy atom. The van der Waals surface area contributed by atoms with Gasteiger partial charge in [-0.1, -0.05) is 35.9 Å². The van der Waals surface area contributed by atoms with Crippen LogP contribution in [-0.2, 0) is 17.8 Å². The van der Waals surface area contributed by atoms with Gasteiger partial charge in [-0.25, -0.2) is 0 Å². The van der Waals surface area contributed by atoms with Gasteiger partial charge in [-0.3, -0.25) is 4.79 Å². The van der Waals surface area contributed by atoms with Crippen molar-refractivity contribution in [2.24, 2.45) is 0 Å². The molecule has 0 aliphatic heterocycles. The lowest BCUT2D eigenvalue weighted by Gasteiger charge is -2.13. The molecule has 0 aromatic heterocycles. The molecule has 4 nitrogen and oxygen atoms in total. The molecular formula is C20H26N2O2. The smallest absolute Gasteiger partial charge is 0.220 e.